The standard InChI is InChI=1S/C11H19N3O2S/c1-5-14(9(2)3)17(15,16)11-10(12-4)7-6-8-13-11/h6-9,12H,5H2,1-4H3. The zero-order valence-electron chi connectivity index (χ0n) is 10.6. The van der Waals surface area contributed by atoms with Crippen LogP contribution in [0.5, 0.6) is 0 Å². The van der Waals surface area contributed by atoms with Crippen LogP contribution < -0.4 is 5.32 Å². The van der Waals surface area contributed by atoms with E-state index in [1.807, 2.05) is 20.8 Å². The molecular weight excluding hydrogens is 238 g/mol. The van der Waals surface area contributed by atoms with Crippen LogP contribution in [0.15, 0.2) is 23.4 Å². The molecule has 0 aliphatic rings. The van der Waals surface area contributed by atoms with Crippen molar-refractivity contribution < 1.29 is 8.42 Å². The number of aromatic nitrogens is 1. The van der Waals surface area contributed by atoms with Gasteiger partial charge in [-0.2, -0.15) is 4.31 Å². The largest absolute Gasteiger partial charge is 0.386 e. The first-order chi connectivity index (χ1) is 7.95. The molecule has 0 aliphatic carbocycles. The molecule has 0 saturated carbocycles. The average Bonchev–Trinajstić information content (AvgIpc) is 2.29. The lowest BCUT2D eigenvalue weighted by Crippen LogP contribution is -2.37. The van der Waals surface area contributed by atoms with Gasteiger partial charge >= 0.3 is 0 Å². The molecule has 0 unspecified atom stereocenters. The van der Waals surface area contributed by atoms with Crippen molar-refractivity contribution in [2.75, 3.05) is 18.9 Å². The van der Waals surface area contributed by atoms with E-state index in [2.05, 4.69) is 10.3 Å². The highest BCUT2D eigenvalue weighted by atomic mass is 32.2. The Hall–Kier alpha value is -1.14. The van der Waals surface area contributed by atoms with E-state index in [0.717, 1.165) is 0 Å². The molecule has 1 N–H and O–H groups in total. The van der Waals surface area contributed by atoms with Crippen molar-refractivity contribution in [2.24, 2.45) is 0 Å². The highest BCUT2D eigenvalue weighted by molar-refractivity contribution is 7.89. The monoisotopic (exact) mass is 257 g/mol. The van der Waals surface area contributed by atoms with Gasteiger partial charge in [0, 0.05) is 25.8 Å². The van der Waals surface area contributed by atoms with Gasteiger partial charge in [-0.25, -0.2) is 13.4 Å². The summed E-state index contributed by atoms with van der Waals surface area (Å²) >= 11 is 0. The Bertz CT molecular complexity index is 471. The Kier molecular flexibility index (Phi) is 4.47. The van der Waals surface area contributed by atoms with Crippen LogP contribution in [0.2, 0.25) is 0 Å². The number of rotatable bonds is 5. The Morgan fingerprint density at radius 1 is 1.47 bits per heavy atom. The van der Waals surface area contributed by atoms with Crippen LogP contribution in [-0.2, 0) is 10.0 Å². The Balaban J connectivity index is 3.30. The van der Waals surface area contributed by atoms with Gasteiger partial charge in [-0.1, -0.05) is 6.92 Å². The molecule has 6 heteroatoms. The molecule has 0 radical (unpaired) electrons. The molecule has 1 heterocycles. The molecule has 1 rings (SSSR count). The molecule has 0 aromatic carbocycles. The quantitative estimate of drug-likeness (QED) is 0.869. The smallest absolute Gasteiger partial charge is 0.262 e. The first kappa shape index (κ1) is 13.9. The van der Waals surface area contributed by atoms with Crippen LogP contribution in [0.1, 0.15) is 20.8 Å². The van der Waals surface area contributed by atoms with E-state index in [0.29, 0.717) is 12.2 Å². The molecule has 1 aromatic rings. The molecule has 17 heavy (non-hydrogen) atoms. The molecule has 0 aliphatic heterocycles. The van der Waals surface area contributed by atoms with E-state index in [-0.39, 0.29) is 11.1 Å². The van der Waals surface area contributed by atoms with Gasteiger partial charge in [0.05, 0.1) is 5.69 Å². The third-order valence-corrected chi connectivity index (χ3v) is 4.59. The summed E-state index contributed by atoms with van der Waals surface area (Å²) < 4.78 is 26.2. The summed E-state index contributed by atoms with van der Waals surface area (Å²) in [6, 6.07) is 3.32. The minimum absolute atomic E-state index is 0.0815. The van der Waals surface area contributed by atoms with Crippen molar-refractivity contribution in [3.63, 3.8) is 0 Å². The zero-order valence-corrected chi connectivity index (χ0v) is 11.5. The van der Waals surface area contributed by atoms with Gasteiger partial charge < -0.3 is 5.32 Å². The number of hydrogen-bond acceptors (Lipinski definition) is 4. The fourth-order valence-electron chi connectivity index (χ4n) is 1.71. The fourth-order valence-corrected chi connectivity index (χ4v) is 3.47. The first-order valence-corrected chi connectivity index (χ1v) is 7.03. The van der Waals surface area contributed by atoms with Crippen LogP contribution in [0.4, 0.5) is 5.69 Å². The Morgan fingerprint density at radius 3 is 2.59 bits per heavy atom. The van der Waals surface area contributed by atoms with E-state index in [1.54, 1.807) is 19.2 Å². The molecule has 5 nitrogen and oxygen atoms in total. The number of hydrogen-bond donors (Lipinski definition) is 1. The molecule has 0 spiro atoms. The predicted molar refractivity (Wildman–Crippen MR) is 68.5 cm³/mol. The summed E-state index contributed by atoms with van der Waals surface area (Å²) in [6.07, 6.45) is 1.49. The maximum atomic E-state index is 12.4. The van der Waals surface area contributed by atoms with Crippen molar-refractivity contribution >= 4 is 15.7 Å². The molecule has 96 valence electrons. The van der Waals surface area contributed by atoms with Crippen LogP contribution in [0.25, 0.3) is 0 Å². The summed E-state index contributed by atoms with van der Waals surface area (Å²) in [5, 5.41) is 2.93. The van der Waals surface area contributed by atoms with Crippen molar-refractivity contribution in [1.82, 2.24) is 9.29 Å². The predicted octanol–water partition coefficient (Wildman–Crippen LogP) is 1.54. The van der Waals surface area contributed by atoms with E-state index < -0.39 is 10.0 Å². The maximum absolute atomic E-state index is 12.4. The topological polar surface area (TPSA) is 62.3 Å². The highest BCUT2D eigenvalue weighted by Gasteiger charge is 2.28. The van der Waals surface area contributed by atoms with Crippen molar-refractivity contribution in [3.05, 3.63) is 18.3 Å². The third-order valence-electron chi connectivity index (χ3n) is 2.48. The zero-order chi connectivity index (χ0) is 13.1. The lowest BCUT2D eigenvalue weighted by atomic mass is 10.4. The maximum Gasteiger partial charge on any atom is 0.262 e. The van der Waals surface area contributed by atoms with Crippen LogP contribution in [0, 0.1) is 0 Å². The van der Waals surface area contributed by atoms with Gasteiger partial charge in [-0.3, -0.25) is 0 Å². The summed E-state index contributed by atoms with van der Waals surface area (Å²) in [5.41, 5.74) is 0.520. The molecule has 1 aromatic heterocycles. The molecule has 0 saturated heterocycles. The molecule has 0 bridgehead atoms. The average molecular weight is 257 g/mol. The SMILES string of the molecule is CCN(C(C)C)S(=O)(=O)c1ncccc1NC. The number of sulfonamides is 1. The third kappa shape index (κ3) is 2.76. The van der Waals surface area contributed by atoms with Crippen LogP contribution in [0.3, 0.4) is 0 Å². The van der Waals surface area contributed by atoms with E-state index in [4.69, 9.17) is 0 Å². The van der Waals surface area contributed by atoms with Gasteiger partial charge in [0.1, 0.15) is 0 Å². The second-order valence-corrected chi connectivity index (χ2v) is 5.71. The van der Waals surface area contributed by atoms with Crippen molar-refractivity contribution in [3.8, 4) is 0 Å². The van der Waals surface area contributed by atoms with Gasteiger partial charge in [-0.15, -0.1) is 0 Å². The fraction of sp³-hybridized carbons (Fsp3) is 0.545. The number of nitrogens with one attached hydrogen (secondary N) is 1. The lowest BCUT2D eigenvalue weighted by molar-refractivity contribution is 0.368. The van der Waals surface area contributed by atoms with Gasteiger partial charge in [-0.05, 0) is 26.0 Å². The summed E-state index contributed by atoms with van der Waals surface area (Å²) in [4.78, 5) is 3.98. The van der Waals surface area contributed by atoms with Crippen LogP contribution in [-0.4, -0.2) is 37.3 Å². The Labute approximate surface area is 103 Å². The second-order valence-electron chi connectivity index (χ2n) is 3.91. The second kappa shape index (κ2) is 5.46. The van der Waals surface area contributed by atoms with E-state index in [9.17, 15) is 8.42 Å². The Morgan fingerprint density at radius 2 is 2.12 bits per heavy atom. The number of nitrogens with zero attached hydrogens (tertiary/aromatic N) is 2. The number of pyridine rings is 1. The summed E-state index contributed by atoms with van der Waals surface area (Å²) in [7, 11) is -1.85. The molecule has 0 fully saturated rings. The van der Waals surface area contributed by atoms with Crippen molar-refractivity contribution in [2.45, 2.75) is 31.8 Å². The normalized spacial score (nSPS) is 12.1. The van der Waals surface area contributed by atoms with Gasteiger partial charge in [0.2, 0.25) is 0 Å². The van der Waals surface area contributed by atoms with E-state index in [1.165, 1.54) is 10.5 Å². The van der Waals surface area contributed by atoms with Gasteiger partial charge in [0.15, 0.2) is 5.03 Å². The lowest BCUT2D eigenvalue weighted by Gasteiger charge is -2.24. The summed E-state index contributed by atoms with van der Waals surface area (Å²) in [5.74, 6) is 0. The molecule has 0 amide bonds. The minimum atomic E-state index is -3.53. The number of anilines is 1. The highest BCUT2D eigenvalue weighted by Crippen LogP contribution is 2.22. The van der Waals surface area contributed by atoms with Gasteiger partial charge in [0.25, 0.3) is 10.0 Å². The van der Waals surface area contributed by atoms with E-state index >= 15 is 0 Å². The molecule has 0 atom stereocenters. The minimum Gasteiger partial charge on any atom is -0.386 e. The summed E-state index contributed by atoms with van der Waals surface area (Å²) in [6.45, 7) is 5.95. The van der Waals surface area contributed by atoms with Crippen LogP contribution >= 0.6 is 0 Å². The first-order valence-electron chi connectivity index (χ1n) is 5.59. The molecular formula is C11H19N3O2S. The van der Waals surface area contributed by atoms with Crippen molar-refractivity contribution in [1.29, 1.82) is 0 Å².